The van der Waals surface area contributed by atoms with Gasteiger partial charge in [-0.25, -0.2) is 0 Å². The Kier molecular flexibility index (Phi) is 18.0. The average molecular weight is 514 g/mol. The Morgan fingerprint density at radius 3 is 2.32 bits per heavy atom. The first-order valence-electron chi connectivity index (χ1n) is 15.8. The summed E-state index contributed by atoms with van der Waals surface area (Å²) >= 11 is 0. The molecule has 0 aliphatic carbocycles. The quantitative estimate of drug-likeness (QED) is 0.0660. The van der Waals surface area contributed by atoms with Gasteiger partial charge < -0.3 is 14.4 Å². The van der Waals surface area contributed by atoms with Gasteiger partial charge in [-0.15, -0.1) is 5.73 Å². The zero-order valence-corrected chi connectivity index (χ0v) is 24.7. The number of hydrogen-bond donors (Lipinski definition) is 0. The number of likely N-dealkylation sites (tertiary alicyclic amines) is 1. The smallest absolute Gasteiger partial charge is 0.168 e. The second kappa shape index (κ2) is 20.8. The average Bonchev–Trinajstić information content (AvgIpc) is 3.49. The molecule has 2 fully saturated rings. The Labute approximate surface area is 230 Å². The summed E-state index contributed by atoms with van der Waals surface area (Å²) < 4.78 is 13.2. The van der Waals surface area contributed by atoms with Gasteiger partial charge in [-0.05, 0) is 90.0 Å². The van der Waals surface area contributed by atoms with Crippen LogP contribution >= 0.6 is 0 Å². The van der Waals surface area contributed by atoms with Gasteiger partial charge in [-0.1, -0.05) is 82.6 Å². The molecule has 212 valence electrons. The fourth-order valence-electron chi connectivity index (χ4n) is 5.79. The van der Waals surface area contributed by atoms with Crippen LogP contribution in [0.2, 0.25) is 0 Å². The van der Waals surface area contributed by atoms with Crippen LogP contribution in [0.5, 0.6) is 0 Å². The SMILES string of the molecule is C/C=C/CCC=C=C/C=C\CCCCCCCCC1(CCCCCCC)OCC(CC2CCN(C)C2)O1. The van der Waals surface area contributed by atoms with Crippen LogP contribution < -0.4 is 0 Å². The molecule has 0 amide bonds. The Morgan fingerprint density at radius 2 is 1.62 bits per heavy atom. The van der Waals surface area contributed by atoms with Gasteiger partial charge >= 0.3 is 0 Å². The van der Waals surface area contributed by atoms with E-state index < -0.39 is 0 Å². The number of hydrogen-bond acceptors (Lipinski definition) is 3. The van der Waals surface area contributed by atoms with Gasteiger partial charge in [0.05, 0.1) is 12.7 Å². The van der Waals surface area contributed by atoms with Crippen molar-refractivity contribution in [3.63, 3.8) is 0 Å². The lowest BCUT2D eigenvalue weighted by Crippen LogP contribution is -2.31. The first-order valence-corrected chi connectivity index (χ1v) is 15.8. The van der Waals surface area contributed by atoms with Crippen molar-refractivity contribution in [2.24, 2.45) is 5.92 Å². The third kappa shape index (κ3) is 15.2. The van der Waals surface area contributed by atoms with E-state index in [0.717, 1.165) is 38.2 Å². The molecule has 2 heterocycles. The molecule has 0 spiro atoms. The summed E-state index contributed by atoms with van der Waals surface area (Å²) in [5.41, 5.74) is 3.25. The molecule has 3 heteroatoms. The Balaban J connectivity index is 1.58. The van der Waals surface area contributed by atoms with Gasteiger partial charge in [-0.2, -0.15) is 0 Å². The van der Waals surface area contributed by atoms with Crippen LogP contribution in [0.1, 0.15) is 129 Å². The molecule has 2 rings (SSSR count). The number of rotatable bonds is 21. The maximum absolute atomic E-state index is 6.72. The number of nitrogens with zero attached hydrogens (tertiary/aromatic N) is 1. The van der Waals surface area contributed by atoms with E-state index in [1.54, 1.807) is 0 Å². The van der Waals surface area contributed by atoms with Crippen molar-refractivity contribution < 1.29 is 9.47 Å². The first kappa shape index (κ1) is 32.1. The third-order valence-electron chi connectivity index (χ3n) is 8.00. The number of unbranched alkanes of at least 4 members (excludes halogenated alkanes) is 11. The molecule has 0 aromatic carbocycles. The molecule has 2 saturated heterocycles. The van der Waals surface area contributed by atoms with Crippen molar-refractivity contribution in [2.45, 2.75) is 141 Å². The Hall–Kier alpha value is -1.12. The summed E-state index contributed by atoms with van der Waals surface area (Å²) in [6, 6.07) is 0. The van der Waals surface area contributed by atoms with Gasteiger partial charge in [0.1, 0.15) is 0 Å². The zero-order valence-electron chi connectivity index (χ0n) is 24.7. The lowest BCUT2D eigenvalue weighted by atomic mass is 9.98. The van der Waals surface area contributed by atoms with E-state index >= 15 is 0 Å². The lowest BCUT2D eigenvalue weighted by Gasteiger charge is -2.29. The summed E-state index contributed by atoms with van der Waals surface area (Å²) in [5.74, 6) is 0.496. The fraction of sp³-hybridized carbons (Fsp3) is 0.794. The predicted molar refractivity (Wildman–Crippen MR) is 160 cm³/mol. The highest BCUT2D eigenvalue weighted by Crippen LogP contribution is 2.37. The topological polar surface area (TPSA) is 21.7 Å². The van der Waals surface area contributed by atoms with Crippen LogP contribution in [0.4, 0.5) is 0 Å². The van der Waals surface area contributed by atoms with Crippen molar-refractivity contribution in [2.75, 3.05) is 26.7 Å². The van der Waals surface area contributed by atoms with Gasteiger partial charge in [0.15, 0.2) is 5.79 Å². The summed E-state index contributed by atoms with van der Waals surface area (Å²) in [7, 11) is 2.24. The van der Waals surface area contributed by atoms with Crippen LogP contribution in [-0.2, 0) is 9.47 Å². The minimum Gasteiger partial charge on any atom is -0.347 e. The van der Waals surface area contributed by atoms with E-state index in [2.05, 4.69) is 61.9 Å². The molecule has 0 bridgehead atoms. The van der Waals surface area contributed by atoms with E-state index in [1.165, 1.54) is 103 Å². The van der Waals surface area contributed by atoms with Crippen LogP contribution in [0.15, 0.2) is 42.2 Å². The van der Waals surface area contributed by atoms with E-state index in [0.29, 0.717) is 6.10 Å². The zero-order chi connectivity index (χ0) is 26.4. The monoisotopic (exact) mass is 513 g/mol. The molecular weight excluding hydrogens is 454 g/mol. The summed E-state index contributed by atoms with van der Waals surface area (Å²) in [4.78, 5) is 2.46. The largest absolute Gasteiger partial charge is 0.347 e. The Bertz CT molecular complexity index is 677. The normalized spacial score (nSPS) is 24.4. The minimum atomic E-state index is -0.291. The molecule has 2 aliphatic rings. The van der Waals surface area contributed by atoms with Crippen molar-refractivity contribution in [3.8, 4) is 0 Å². The van der Waals surface area contributed by atoms with Crippen LogP contribution in [0, 0.1) is 5.92 Å². The molecule has 3 unspecified atom stereocenters. The summed E-state index contributed by atoms with van der Waals surface area (Å²) in [6.07, 6.45) is 35.7. The second-order valence-electron chi connectivity index (χ2n) is 11.6. The van der Waals surface area contributed by atoms with Gasteiger partial charge in [0.2, 0.25) is 0 Å². The molecular formula is C34H59NO2. The lowest BCUT2D eigenvalue weighted by molar-refractivity contribution is -0.180. The maximum Gasteiger partial charge on any atom is 0.168 e. The number of allylic oxidation sites excluding steroid dienone is 5. The summed E-state index contributed by atoms with van der Waals surface area (Å²) in [6.45, 7) is 7.63. The van der Waals surface area contributed by atoms with Crippen molar-refractivity contribution in [1.29, 1.82) is 0 Å². The Morgan fingerprint density at radius 1 is 0.892 bits per heavy atom. The highest BCUT2D eigenvalue weighted by molar-refractivity contribution is 5.02. The molecule has 0 radical (unpaired) electrons. The maximum atomic E-state index is 6.72. The van der Waals surface area contributed by atoms with Crippen LogP contribution in [0.25, 0.3) is 0 Å². The molecule has 2 aliphatic heterocycles. The molecule has 0 aromatic heterocycles. The van der Waals surface area contributed by atoms with E-state index in [4.69, 9.17) is 9.47 Å². The third-order valence-corrected chi connectivity index (χ3v) is 8.00. The van der Waals surface area contributed by atoms with Gasteiger partial charge in [0, 0.05) is 19.4 Å². The molecule has 0 aromatic rings. The van der Waals surface area contributed by atoms with Crippen LogP contribution in [0.3, 0.4) is 0 Å². The predicted octanol–water partition coefficient (Wildman–Crippen LogP) is 9.54. The fourth-order valence-corrected chi connectivity index (χ4v) is 5.79. The highest BCUT2D eigenvalue weighted by atomic mass is 16.7. The van der Waals surface area contributed by atoms with E-state index in [9.17, 15) is 0 Å². The minimum absolute atomic E-state index is 0.291. The first-order chi connectivity index (χ1) is 18.2. The molecule has 3 atom stereocenters. The molecule has 3 nitrogen and oxygen atoms in total. The van der Waals surface area contributed by atoms with Crippen molar-refractivity contribution >= 4 is 0 Å². The van der Waals surface area contributed by atoms with Gasteiger partial charge in [-0.3, -0.25) is 0 Å². The van der Waals surface area contributed by atoms with Crippen LogP contribution in [-0.4, -0.2) is 43.5 Å². The molecule has 37 heavy (non-hydrogen) atoms. The second-order valence-corrected chi connectivity index (χ2v) is 11.6. The molecule has 0 N–H and O–H groups in total. The van der Waals surface area contributed by atoms with Crippen molar-refractivity contribution in [1.82, 2.24) is 4.90 Å². The number of ether oxygens (including phenoxy) is 2. The van der Waals surface area contributed by atoms with Gasteiger partial charge in [0.25, 0.3) is 0 Å². The molecule has 0 saturated carbocycles. The van der Waals surface area contributed by atoms with E-state index in [-0.39, 0.29) is 5.79 Å². The summed E-state index contributed by atoms with van der Waals surface area (Å²) in [5, 5.41) is 0. The van der Waals surface area contributed by atoms with E-state index in [1.807, 2.05) is 6.08 Å². The van der Waals surface area contributed by atoms with Crippen molar-refractivity contribution in [3.05, 3.63) is 42.2 Å². The standard InChI is InChI=1S/C34H59NO2/c1-4-6-8-10-11-12-13-14-15-16-17-18-19-20-22-24-27-34(26-23-21-9-7-5-2)36-31-33(37-34)29-32-25-28-35(3)30-32/h4,6,11,13-15,32-33H,5,7-10,16-31H2,1-3H3/b6-4+,15-14-. The highest BCUT2D eigenvalue weighted by Gasteiger charge is 2.41.